The van der Waals surface area contributed by atoms with E-state index in [1.54, 1.807) is 14.1 Å². The van der Waals surface area contributed by atoms with Crippen LogP contribution in [0.3, 0.4) is 0 Å². The molecule has 1 N–H and O–H groups in total. The Morgan fingerprint density at radius 3 is 2.30 bits per heavy atom. The average molecular weight is 391 g/mol. The maximum absolute atomic E-state index is 12.6. The van der Waals surface area contributed by atoms with Gasteiger partial charge in [-0.1, -0.05) is 0 Å². The van der Waals surface area contributed by atoms with Gasteiger partial charge in [0.1, 0.15) is 0 Å². The first-order valence-corrected chi connectivity index (χ1v) is 10.3. The van der Waals surface area contributed by atoms with Crippen LogP contribution in [-0.4, -0.2) is 52.6 Å². The Morgan fingerprint density at radius 2 is 1.67 bits per heavy atom. The Labute approximate surface area is 160 Å². The number of aryl methyl sites for hydroxylation is 3. The highest BCUT2D eigenvalue weighted by atomic mass is 32.2. The summed E-state index contributed by atoms with van der Waals surface area (Å²) in [6.45, 7) is 6.25. The van der Waals surface area contributed by atoms with E-state index in [1.165, 1.54) is 8.61 Å². The molecule has 0 aromatic carbocycles. The van der Waals surface area contributed by atoms with Gasteiger partial charge in [0.05, 0.1) is 11.7 Å². The van der Waals surface area contributed by atoms with Gasteiger partial charge in [0, 0.05) is 43.4 Å². The summed E-state index contributed by atoms with van der Waals surface area (Å²) < 4.78 is 28.1. The van der Waals surface area contributed by atoms with Crippen molar-refractivity contribution in [2.45, 2.75) is 39.7 Å². The molecule has 1 fully saturated rings. The zero-order chi connectivity index (χ0) is 19.8. The summed E-state index contributed by atoms with van der Waals surface area (Å²) in [5.74, 6) is 0.522. The molecule has 0 aliphatic carbocycles. The first kappa shape index (κ1) is 19.7. The van der Waals surface area contributed by atoms with E-state index >= 15 is 0 Å². The van der Waals surface area contributed by atoms with Gasteiger partial charge in [0.2, 0.25) is 5.95 Å². The molecule has 27 heavy (non-hydrogen) atoms. The van der Waals surface area contributed by atoms with Gasteiger partial charge in [-0.2, -0.15) is 17.0 Å². The molecule has 9 heteroatoms. The lowest BCUT2D eigenvalue weighted by Gasteiger charge is -2.27. The summed E-state index contributed by atoms with van der Waals surface area (Å²) in [5.41, 5.74) is 4.12. The largest absolute Gasteiger partial charge is 0.324 e. The molecule has 0 radical (unpaired) electrons. The topological polar surface area (TPSA) is 91.3 Å². The van der Waals surface area contributed by atoms with Crippen molar-refractivity contribution in [1.82, 2.24) is 23.6 Å². The molecule has 2 aromatic heterocycles. The summed E-state index contributed by atoms with van der Waals surface area (Å²) in [6.07, 6.45) is 1.57. The van der Waals surface area contributed by atoms with E-state index in [0.717, 1.165) is 41.3 Å². The monoisotopic (exact) mass is 390 g/mol. The van der Waals surface area contributed by atoms with Gasteiger partial charge < -0.3 is 5.32 Å². The van der Waals surface area contributed by atoms with Crippen molar-refractivity contribution in [3.05, 3.63) is 41.0 Å². The number of rotatable bonds is 5. The van der Waals surface area contributed by atoms with Crippen LogP contribution in [0.4, 0.5) is 11.6 Å². The summed E-state index contributed by atoms with van der Waals surface area (Å²) in [5, 5.41) is 3.23. The molecular weight excluding hydrogens is 364 g/mol. The van der Waals surface area contributed by atoms with Crippen LogP contribution in [0.1, 0.15) is 41.7 Å². The zero-order valence-corrected chi connectivity index (χ0v) is 17.2. The number of nitrogens with one attached hydrogen (secondary N) is 1. The van der Waals surface area contributed by atoms with E-state index < -0.39 is 10.2 Å². The highest BCUT2D eigenvalue weighted by molar-refractivity contribution is 7.86. The predicted octanol–water partition coefficient (Wildman–Crippen LogP) is 2.48. The van der Waals surface area contributed by atoms with Crippen LogP contribution < -0.4 is 5.32 Å². The summed E-state index contributed by atoms with van der Waals surface area (Å²) >= 11 is 0. The maximum Gasteiger partial charge on any atom is 0.282 e. The van der Waals surface area contributed by atoms with Crippen LogP contribution in [0.2, 0.25) is 0 Å². The normalized spacial score (nSPS) is 18.2. The minimum atomic E-state index is -3.49. The number of pyridine rings is 1. The first-order chi connectivity index (χ1) is 12.7. The Balaban J connectivity index is 1.93. The molecule has 1 atom stereocenters. The van der Waals surface area contributed by atoms with E-state index in [4.69, 9.17) is 0 Å². The van der Waals surface area contributed by atoms with Crippen molar-refractivity contribution in [3.8, 4) is 0 Å². The molecular formula is C18H26N6O2S. The molecule has 2 aromatic rings. The second kappa shape index (κ2) is 7.49. The fraction of sp³-hybridized carbons (Fsp3) is 0.500. The van der Waals surface area contributed by atoms with Crippen LogP contribution >= 0.6 is 0 Å². The average Bonchev–Trinajstić information content (AvgIpc) is 3.03. The second-order valence-corrected chi connectivity index (χ2v) is 9.18. The van der Waals surface area contributed by atoms with Gasteiger partial charge in [-0.3, -0.25) is 4.98 Å². The summed E-state index contributed by atoms with van der Waals surface area (Å²) in [4.78, 5) is 13.4. The second-order valence-electron chi connectivity index (χ2n) is 7.08. The molecule has 0 amide bonds. The van der Waals surface area contributed by atoms with Gasteiger partial charge in [0.15, 0.2) is 0 Å². The molecule has 8 nitrogen and oxygen atoms in total. The van der Waals surface area contributed by atoms with Crippen molar-refractivity contribution in [1.29, 1.82) is 0 Å². The van der Waals surface area contributed by atoms with Gasteiger partial charge in [-0.05, 0) is 51.8 Å². The van der Waals surface area contributed by atoms with Gasteiger partial charge in [0.25, 0.3) is 10.2 Å². The van der Waals surface area contributed by atoms with Crippen molar-refractivity contribution in [2.75, 3.05) is 26.0 Å². The van der Waals surface area contributed by atoms with E-state index in [1.807, 2.05) is 39.0 Å². The van der Waals surface area contributed by atoms with Crippen molar-refractivity contribution in [3.63, 3.8) is 0 Å². The molecule has 146 valence electrons. The smallest absolute Gasteiger partial charge is 0.282 e. The number of aromatic nitrogens is 3. The number of hydrogen-bond donors (Lipinski definition) is 1. The SMILES string of the molecule is Cc1cc(Nc2nc(C)cc(C)n2)cc([C@@H]2CCCN2S(=O)(=O)N(C)C)n1. The standard InChI is InChI=1S/C18H26N6O2S/c1-12-9-13(2)21-18(20-12)22-15-10-14(3)19-16(11-15)17-7-6-8-24(17)27(25,26)23(4)5/h9-11,17H,6-8H2,1-5H3,(H,19,20,21,22)/t17-/m0/s1. The number of nitrogens with zero attached hydrogens (tertiary/aromatic N) is 5. The number of hydrogen-bond acceptors (Lipinski definition) is 6. The predicted molar refractivity (Wildman–Crippen MR) is 105 cm³/mol. The van der Waals surface area contributed by atoms with Crippen molar-refractivity contribution < 1.29 is 8.42 Å². The molecule has 0 spiro atoms. The van der Waals surface area contributed by atoms with Crippen LogP contribution in [0, 0.1) is 20.8 Å². The Kier molecular flexibility index (Phi) is 5.45. The third-order valence-corrected chi connectivity index (χ3v) is 6.47. The lowest BCUT2D eigenvalue weighted by atomic mass is 10.1. The molecule has 1 aliphatic rings. The van der Waals surface area contributed by atoms with Crippen LogP contribution in [0.15, 0.2) is 18.2 Å². The highest BCUT2D eigenvalue weighted by Gasteiger charge is 2.37. The van der Waals surface area contributed by atoms with Crippen molar-refractivity contribution in [2.24, 2.45) is 0 Å². The Morgan fingerprint density at radius 1 is 1.04 bits per heavy atom. The van der Waals surface area contributed by atoms with Crippen LogP contribution in [-0.2, 0) is 10.2 Å². The first-order valence-electron chi connectivity index (χ1n) is 8.94. The molecule has 1 aliphatic heterocycles. The van der Waals surface area contributed by atoms with E-state index in [9.17, 15) is 8.42 Å². The van der Waals surface area contributed by atoms with Gasteiger partial charge >= 0.3 is 0 Å². The molecule has 1 saturated heterocycles. The Hall–Kier alpha value is -2.10. The van der Waals surface area contributed by atoms with Gasteiger partial charge in [-0.15, -0.1) is 0 Å². The summed E-state index contributed by atoms with van der Waals surface area (Å²) in [7, 11) is -0.380. The third-order valence-electron chi connectivity index (χ3n) is 4.51. The van der Waals surface area contributed by atoms with Crippen molar-refractivity contribution >= 4 is 21.8 Å². The molecule has 0 saturated carbocycles. The zero-order valence-electron chi connectivity index (χ0n) is 16.4. The molecule has 3 heterocycles. The summed E-state index contributed by atoms with van der Waals surface area (Å²) in [6, 6.07) is 5.45. The fourth-order valence-corrected chi connectivity index (χ4v) is 4.68. The number of anilines is 2. The van der Waals surface area contributed by atoms with Crippen LogP contribution in [0.5, 0.6) is 0 Å². The van der Waals surface area contributed by atoms with Crippen LogP contribution in [0.25, 0.3) is 0 Å². The maximum atomic E-state index is 12.6. The molecule has 3 rings (SSSR count). The van der Waals surface area contributed by atoms with E-state index in [0.29, 0.717) is 12.5 Å². The third kappa shape index (κ3) is 4.26. The minimum absolute atomic E-state index is 0.266. The van der Waals surface area contributed by atoms with Gasteiger partial charge in [-0.25, -0.2) is 9.97 Å². The van der Waals surface area contributed by atoms with E-state index in [2.05, 4.69) is 20.3 Å². The molecule has 0 bridgehead atoms. The highest BCUT2D eigenvalue weighted by Crippen LogP contribution is 2.35. The Bertz CT molecular complexity index is 925. The van der Waals surface area contributed by atoms with E-state index in [-0.39, 0.29) is 6.04 Å². The quantitative estimate of drug-likeness (QED) is 0.843. The minimum Gasteiger partial charge on any atom is -0.324 e. The lowest BCUT2D eigenvalue weighted by Crippen LogP contribution is -2.39. The lowest BCUT2D eigenvalue weighted by molar-refractivity contribution is 0.358. The molecule has 0 unspecified atom stereocenters. The fourth-order valence-electron chi connectivity index (χ4n) is 3.37.